The first-order valence-electron chi connectivity index (χ1n) is 6.89. The molecule has 0 unspecified atom stereocenters. The maximum atomic E-state index is 13.7. The Morgan fingerprint density at radius 2 is 2.18 bits per heavy atom. The van der Waals surface area contributed by atoms with Gasteiger partial charge in [-0.05, 0) is 24.3 Å². The van der Waals surface area contributed by atoms with E-state index < -0.39 is 0 Å². The molecule has 1 aliphatic heterocycles. The summed E-state index contributed by atoms with van der Waals surface area (Å²) < 4.78 is 24.4. The number of rotatable bonds is 3. The molecule has 0 radical (unpaired) electrons. The molecule has 0 saturated heterocycles. The van der Waals surface area contributed by atoms with Crippen LogP contribution in [0.4, 0.5) is 4.39 Å². The molecule has 0 aliphatic carbocycles. The number of hydrogen-bond donors (Lipinski definition) is 1. The zero-order chi connectivity index (χ0) is 14.9. The Morgan fingerprint density at radius 3 is 3.09 bits per heavy atom. The third kappa shape index (κ3) is 2.55. The zero-order valence-corrected chi connectivity index (χ0v) is 12.5. The Hall–Kier alpha value is -2.05. The molecular formula is C16H13FN2O2S. The van der Waals surface area contributed by atoms with Gasteiger partial charge in [0.25, 0.3) is 0 Å². The predicted molar refractivity (Wildman–Crippen MR) is 82.3 cm³/mol. The van der Waals surface area contributed by atoms with E-state index in [1.165, 1.54) is 23.9 Å². The van der Waals surface area contributed by atoms with Crippen molar-refractivity contribution in [3.63, 3.8) is 0 Å². The summed E-state index contributed by atoms with van der Waals surface area (Å²) in [5, 5.41) is 0.811. The minimum absolute atomic E-state index is 0.209. The number of nitrogens with zero attached hydrogens (tertiary/aromatic N) is 1. The highest BCUT2D eigenvalue weighted by atomic mass is 32.2. The molecule has 0 spiro atoms. The molecule has 112 valence electrons. The summed E-state index contributed by atoms with van der Waals surface area (Å²) in [7, 11) is 0. The van der Waals surface area contributed by atoms with Gasteiger partial charge in [-0.25, -0.2) is 9.37 Å². The van der Waals surface area contributed by atoms with E-state index in [0.29, 0.717) is 12.4 Å². The first-order valence-corrected chi connectivity index (χ1v) is 7.87. The van der Waals surface area contributed by atoms with Crippen LogP contribution >= 0.6 is 11.8 Å². The number of imidazole rings is 1. The van der Waals surface area contributed by atoms with Crippen LogP contribution in [0.15, 0.2) is 41.6 Å². The van der Waals surface area contributed by atoms with Gasteiger partial charge in [-0.3, -0.25) is 0 Å². The van der Waals surface area contributed by atoms with Gasteiger partial charge in [0.1, 0.15) is 11.6 Å². The Kier molecular flexibility index (Phi) is 3.48. The summed E-state index contributed by atoms with van der Waals surface area (Å²) in [5.74, 6) is 1.05. The van der Waals surface area contributed by atoms with E-state index in [9.17, 15) is 4.39 Å². The van der Waals surface area contributed by atoms with Crippen molar-refractivity contribution in [3.8, 4) is 5.75 Å². The first-order chi connectivity index (χ1) is 10.8. The van der Waals surface area contributed by atoms with Crippen LogP contribution in [0.2, 0.25) is 0 Å². The van der Waals surface area contributed by atoms with Crippen LogP contribution in [0.1, 0.15) is 11.1 Å². The Morgan fingerprint density at radius 1 is 1.27 bits per heavy atom. The van der Waals surface area contributed by atoms with E-state index in [4.69, 9.17) is 9.47 Å². The van der Waals surface area contributed by atoms with Crippen molar-refractivity contribution in [2.75, 3.05) is 6.79 Å². The van der Waals surface area contributed by atoms with Crippen molar-refractivity contribution >= 4 is 22.8 Å². The molecule has 4 nitrogen and oxygen atoms in total. The number of nitrogens with one attached hydrogen (secondary N) is 1. The molecule has 1 aromatic heterocycles. The lowest BCUT2D eigenvalue weighted by Crippen LogP contribution is -2.13. The molecule has 22 heavy (non-hydrogen) atoms. The highest BCUT2D eigenvalue weighted by Gasteiger charge is 2.17. The maximum Gasteiger partial charge on any atom is 0.189 e. The highest BCUT2D eigenvalue weighted by Crippen LogP contribution is 2.33. The SMILES string of the molecule is Fc1cc2c(c(CSc3nc4ccccc4[nH]3)c1)OCOC2. The molecule has 0 saturated carbocycles. The van der Waals surface area contributed by atoms with Gasteiger partial charge in [0.15, 0.2) is 11.9 Å². The number of hydrogen-bond acceptors (Lipinski definition) is 4. The van der Waals surface area contributed by atoms with E-state index in [1.54, 1.807) is 0 Å². The van der Waals surface area contributed by atoms with Crippen LogP contribution in [0.3, 0.4) is 0 Å². The number of H-pyrrole nitrogens is 1. The third-order valence-electron chi connectivity index (χ3n) is 3.48. The highest BCUT2D eigenvalue weighted by molar-refractivity contribution is 7.98. The largest absolute Gasteiger partial charge is 0.467 e. The fourth-order valence-electron chi connectivity index (χ4n) is 2.51. The molecule has 0 atom stereocenters. The average molecular weight is 316 g/mol. The number of aromatic amines is 1. The second kappa shape index (κ2) is 5.62. The van der Waals surface area contributed by atoms with Gasteiger partial charge >= 0.3 is 0 Å². The fraction of sp³-hybridized carbons (Fsp3) is 0.188. The second-order valence-corrected chi connectivity index (χ2v) is 5.98. The van der Waals surface area contributed by atoms with Crippen LogP contribution in [0, 0.1) is 5.82 Å². The standard InChI is InChI=1S/C16H13FN2O2S/c17-12-5-10-7-20-9-21-15(10)11(6-12)8-22-16-18-13-3-1-2-4-14(13)19-16/h1-6H,7-9H2,(H,18,19). The third-order valence-corrected chi connectivity index (χ3v) is 4.41. The molecule has 0 fully saturated rings. The molecule has 1 aliphatic rings. The van der Waals surface area contributed by atoms with Crippen molar-refractivity contribution in [2.45, 2.75) is 17.5 Å². The van der Waals surface area contributed by atoms with Gasteiger partial charge < -0.3 is 14.5 Å². The molecule has 2 aromatic carbocycles. The minimum Gasteiger partial charge on any atom is -0.467 e. The van der Waals surface area contributed by atoms with Gasteiger partial charge in [-0.15, -0.1) is 0 Å². The molecule has 1 N–H and O–H groups in total. The lowest BCUT2D eigenvalue weighted by molar-refractivity contribution is -0.0171. The minimum atomic E-state index is -0.270. The van der Waals surface area contributed by atoms with Crippen molar-refractivity contribution in [1.29, 1.82) is 0 Å². The summed E-state index contributed by atoms with van der Waals surface area (Å²) in [6.07, 6.45) is 0. The second-order valence-electron chi connectivity index (χ2n) is 5.01. The number of fused-ring (bicyclic) bond motifs is 2. The van der Waals surface area contributed by atoms with E-state index in [0.717, 1.165) is 33.1 Å². The van der Waals surface area contributed by atoms with E-state index in [2.05, 4.69) is 9.97 Å². The van der Waals surface area contributed by atoms with Crippen LogP contribution in [0.5, 0.6) is 5.75 Å². The zero-order valence-electron chi connectivity index (χ0n) is 11.6. The quantitative estimate of drug-likeness (QED) is 0.745. The summed E-state index contributed by atoms with van der Waals surface area (Å²) in [4.78, 5) is 7.76. The summed E-state index contributed by atoms with van der Waals surface area (Å²) >= 11 is 1.53. The number of halogens is 1. The Bertz CT molecular complexity index is 801. The van der Waals surface area contributed by atoms with E-state index in [-0.39, 0.29) is 12.6 Å². The first kappa shape index (κ1) is 13.6. The van der Waals surface area contributed by atoms with Crippen molar-refractivity contribution in [3.05, 3.63) is 53.3 Å². The summed E-state index contributed by atoms with van der Waals surface area (Å²) in [6.45, 7) is 0.594. The number of thioether (sulfide) groups is 1. The Balaban J connectivity index is 1.59. The maximum absolute atomic E-state index is 13.7. The molecular weight excluding hydrogens is 303 g/mol. The van der Waals surface area contributed by atoms with Crippen molar-refractivity contribution in [1.82, 2.24) is 9.97 Å². The number of aromatic nitrogens is 2. The van der Waals surface area contributed by atoms with E-state index >= 15 is 0 Å². The van der Waals surface area contributed by atoms with Crippen molar-refractivity contribution < 1.29 is 13.9 Å². The van der Waals surface area contributed by atoms with Gasteiger partial charge in [-0.1, -0.05) is 23.9 Å². The lowest BCUT2D eigenvalue weighted by atomic mass is 10.1. The van der Waals surface area contributed by atoms with Gasteiger partial charge in [0.05, 0.1) is 17.6 Å². The molecule has 4 rings (SSSR count). The molecule has 2 heterocycles. The van der Waals surface area contributed by atoms with Crippen LogP contribution < -0.4 is 4.74 Å². The monoisotopic (exact) mass is 316 g/mol. The molecule has 6 heteroatoms. The lowest BCUT2D eigenvalue weighted by Gasteiger charge is -2.20. The topological polar surface area (TPSA) is 47.1 Å². The van der Waals surface area contributed by atoms with Gasteiger partial charge in [0, 0.05) is 16.9 Å². The average Bonchev–Trinajstić information content (AvgIpc) is 2.95. The van der Waals surface area contributed by atoms with Gasteiger partial charge in [-0.2, -0.15) is 0 Å². The van der Waals surface area contributed by atoms with Crippen LogP contribution in [0.25, 0.3) is 11.0 Å². The predicted octanol–water partition coefficient (Wildman–Crippen LogP) is 3.86. The normalized spacial score (nSPS) is 13.9. The molecule has 0 bridgehead atoms. The van der Waals surface area contributed by atoms with Crippen molar-refractivity contribution in [2.24, 2.45) is 0 Å². The van der Waals surface area contributed by atoms with Crippen LogP contribution in [-0.2, 0) is 17.1 Å². The van der Waals surface area contributed by atoms with Gasteiger partial charge in [0.2, 0.25) is 0 Å². The molecule has 3 aromatic rings. The summed E-state index contributed by atoms with van der Waals surface area (Å²) in [5.41, 5.74) is 3.50. The number of ether oxygens (including phenoxy) is 2. The van der Waals surface area contributed by atoms with E-state index in [1.807, 2.05) is 24.3 Å². The summed E-state index contributed by atoms with van der Waals surface area (Å²) in [6, 6.07) is 10.8. The number of benzene rings is 2. The number of para-hydroxylation sites is 2. The van der Waals surface area contributed by atoms with Crippen LogP contribution in [-0.4, -0.2) is 16.8 Å². The smallest absolute Gasteiger partial charge is 0.189 e. The fourth-order valence-corrected chi connectivity index (χ4v) is 3.36. The Labute approximate surface area is 130 Å². The molecule has 0 amide bonds.